The molecule has 4 rings (SSSR count). The quantitative estimate of drug-likeness (QED) is 0.837. The number of nitrogens with zero attached hydrogens (tertiary/aromatic N) is 3. The Bertz CT molecular complexity index is 798. The van der Waals surface area contributed by atoms with E-state index in [4.69, 9.17) is 22.2 Å². The van der Waals surface area contributed by atoms with Crippen molar-refractivity contribution in [2.24, 2.45) is 17.8 Å². The number of allylic oxidation sites excluding steroid dienone is 2. The van der Waals surface area contributed by atoms with Gasteiger partial charge in [-0.15, -0.1) is 0 Å². The highest BCUT2D eigenvalue weighted by Crippen LogP contribution is 2.57. The van der Waals surface area contributed by atoms with Crippen LogP contribution in [0.25, 0.3) is 5.57 Å². The molecule has 0 radical (unpaired) electrons. The first-order chi connectivity index (χ1) is 12.1. The summed E-state index contributed by atoms with van der Waals surface area (Å²) in [7, 11) is 0. The fourth-order valence-corrected chi connectivity index (χ4v) is 3.73. The van der Waals surface area contributed by atoms with Gasteiger partial charge in [0.05, 0.1) is 47.6 Å². The number of hydrogen-bond acceptors (Lipinski definition) is 5. The van der Waals surface area contributed by atoms with Crippen molar-refractivity contribution in [3.8, 4) is 6.07 Å². The number of nitriles is 1. The number of amides is 1. The van der Waals surface area contributed by atoms with Crippen LogP contribution in [-0.2, 0) is 4.74 Å². The minimum atomic E-state index is -0.360. The molecule has 128 valence electrons. The van der Waals surface area contributed by atoms with Gasteiger partial charge in [-0.2, -0.15) is 5.26 Å². The lowest BCUT2D eigenvalue weighted by molar-refractivity contribution is 0.143. The molecule has 1 aliphatic heterocycles. The highest BCUT2D eigenvalue weighted by molar-refractivity contribution is 7.80. The number of pyridine rings is 1. The number of rotatable bonds is 4. The molecule has 4 atom stereocenters. The summed E-state index contributed by atoms with van der Waals surface area (Å²) in [6, 6.07) is 6.19. The van der Waals surface area contributed by atoms with E-state index < -0.39 is 0 Å². The van der Waals surface area contributed by atoms with Crippen LogP contribution in [-0.4, -0.2) is 35.3 Å². The van der Waals surface area contributed by atoms with Gasteiger partial charge in [-0.25, -0.2) is 4.79 Å². The highest BCUT2D eigenvalue weighted by atomic mass is 32.1. The number of carbonyl (C=O) groups is 1. The molecule has 1 saturated heterocycles. The average Bonchev–Trinajstić information content (AvgIpc) is 2.94. The highest BCUT2D eigenvalue weighted by Gasteiger charge is 2.53. The van der Waals surface area contributed by atoms with Crippen LogP contribution in [0.5, 0.6) is 0 Å². The molecule has 3 unspecified atom stereocenters. The molecule has 1 aromatic heterocycles. The van der Waals surface area contributed by atoms with Crippen LogP contribution in [0.3, 0.4) is 0 Å². The van der Waals surface area contributed by atoms with Crippen LogP contribution in [0.15, 0.2) is 24.4 Å². The van der Waals surface area contributed by atoms with Crippen LogP contribution in [0, 0.1) is 29.1 Å². The summed E-state index contributed by atoms with van der Waals surface area (Å²) in [6.45, 7) is 2.79. The Morgan fingerprint density at radius 1 is 1.56 bits per heavy atom. The summed E-state index contributed by atoms with van der Waals surface area (Å²) >= 11 is 4.98. The van der Waals surface area contributed by atoms with Crippen LogP contribution in [0.1, 0.15) is 19.0 Å². The second-order valence-corrected chi connectivity index (χ2v) is 7.36. The second-order valence-electron chi connectivity index (χ2n) is 6.75. The standard InChI is InChI=1S/C18H18N4O2S/c1-10(25)20-8-13-9-22(18(23)24-13)12-2-3-17(21-7-12)11-4-14-15(5-11)16(14)6-19/h2-4,7,13-16H,5,8-9H2,1H3,(H,20,25)/t13-,14?,15?,16?/m0/s1. The number of anilines is 1. The smallest absolute Gasteiger partial charge is 0.414 e. The third kappa shape index (κ3) is 2.98. The van der Waals surface area contributed by atoms with E-state index in [0.717, 1.165) is 17.8 Å². The predicted octanol–water partition coefficient (Wildman–Crippen LogP) is 2.52. The molecule has 1 aromatic rings. The number of hydrogen-bond donors (Lipinski definition) is 1. The molecule has 2 aliphatic carbocycles. The number of thiocarbonyl (C=S) groups is 1. The first-order valence-corrected chi connectivity index (χ1v) is 8.77. The lowest BCUT2D eigenvalue weighted by Gasteiger charge is -2.13. The van der Waals surface area contributed by atoms with E-state index in [1.165, 1.54) is 5.57 Å². The Labute approximate surface area is 151 Å². The first-order valence-electron chi connectivity index (χ1n) is 8.36. The molecular weight excluding hydrogens is 336 g/mol. The fourth-order valence-electron chi connectivity index (χ4n) is 3.65. The normalized spacial score (nSPS) is 29.5. The molecule has 25 heavy (non-hydrogen) atoms. The summed E-state index contributed by atoms with van der Waals surface area (Å²) in [5.74, 6) is 1.09. The van der Waals surface area contributed by atoms with Gasteiger partial charge in [0.25, 0.3) is 0 Å². The lowest BCUT2D eigenvalue weighted by Crippen LogP contribution is -2.32. The second kappa shape index (κ2) is 6.12. The van der Waals surface area contributed by atoms with E-state index in [1.807, 2.05) is 12.1 Å². The monoisotopic (exact) mass is 354 g/mol. The zero-order valence-corrected chi connectivity index (χ0v) is 14.6. The van der Waals surface area contributed by atoms with Crippen LogP contribution < -0.4 is 10.2 Å². The van der Waals surface area contributed by atoms with Gasteiger partial charge in [0.2, 0.25) is 0 Å². The maximum absolute atomic E-state index is 12.1. The molecular formula is C18H18N4O2S. The SMILES string of the molecule is CC(=S)NC[C@H]1CN(c2ccc(C3=CC4C(C#N)C4C3)nc2)C(=O)O1. The molecule has 0 aromatic carbocycles. The summed E-state index contributed by atoms with van der Waals surface area (Å²) < 4.78 is 5.35. The minimum Gasteiger partial charge on any atom is -0.442 e. The number of carbonyl (C=O) groups excluding carboxylic acids is 1. The van der Waals surface area contributed by atoms with Crippen molar-refractivity contribution in [1.82, 2.24) is 10.3 Å². The van der Waals surface area contributed by atoms with Crippen molar-refractivity contribution in [2.45, 2.75) is 19.4 Å². The molecule has 2 heterocycles. The van der Waals surface area contributed by atoms with Crippen LogP contribution in [0.4, 0.5) is 10.5 Å². The van der Waals surface area contributed by atoms with Gasteiger partial charge in [0.15, 0.2) is 0 Å². The van der Waals surface area contributed by atoms with Crippen LogP contribution in [0.2, 0.25) is 0 Å². The number of ether oxygens (including phenoxy) is 1. The molecule has 0 bridgehead atoms. The Morgan fingerprint density at radius 3 is 3.00 bits per heavy atom. The van der Waals surface area contributed by atoms with Crippen molar-refractivity contribution in [1.29, 1.82) is 5.26 Å². The molecule has 1 N–H and O–H groups in total. The molecule has 7 heteroatoms. The Morgan fingerprint density at radius 2 is 2.40 bits per heavy atom. The Hall–Kier alpha value is -2.46. The number of nitrogens with one attached hydrogen (secondary N) is 1. The molecule has 2 fully saturated rings. The molecule has 1 saturated carbocycles. The molecule has 0 spiro atoms. The van der Waals surface area contributed by atoms with Crippen molar-refractivity contribution in [3.05, 3.63) is 30.1 Å². The van der Waals surface area contributed by atoms with Crippen LogP contribution >= 0.6 is 12.2 Å². The Kier molecular flexibility index (Phi) is 3.92. The van der Waals surface area contributed by atoms with Gasteiger partial charge in [0.1, 0.15) is 6.10 Å². The third-order valence-corrected chi connectivity index (χ3v) is 5.21. The van der Waals surface area contributed by atoms with Crippen molar-refractivity contribution < 1.29 is 9.53 Å². The van der Waals surface area contributed by atoms with Gasteiger partial charge in [-0.1, -0.05) is 18.3 Å². The Balaban J connectivity index is 1.41. The average molecular weight is 354 g/mol. The predicted molar refractivity (Wildman–Crippen MR) is 96.8 cm³/mol. The fraction of sp³-hybridized carbons (Fsp3) is 0.444. The largest absolute Gasteiger partial charge is 0.442 e. The van der Waals surface area contributed by atoms with E-state index >= 15 is 0 Å². The van der Waals surface area contributed by atoms with Gasteiger partial charge in [-0.05, 0) is 42.9 Å². The lowest BCUT2D eigenvalue weighted by atomic mass is 10.1. The van der Waals surface area contributed by atoms with Crippen molar-refractivity contribution in [3.63, 3.8) is 0 Å². The summed E-state index contributed by atoms with van der Waals surface area (Å²) in [6.07, 6.45) is 4.23. The molecule has 3 aliphatic rings. The number of cyclic esters (lactones) is 1. The van der Waals surface area contributed by atoms with Crippen molar-refractivity contribution >= 4 is 34.6 Å². The first kappa shape index (κ1) is 16.0. The molecule has 6 nitrogen and oxygen atoms in total. The summed E-state index contributed by atoms with van der Waals surface area (Å²) in [5.41, 5.74) is 2.86. The van der Waals surface area contributed by atoms with E-state index in [2.05, 4.69) is 22.4 Å². The van der Waals surface area contributed by atoms with E-state index in [1.54, 1.807) is 18.0 Å². The van der Waals surface area contributed by atoms with Gasteiger partial charge in [-0.3, -0.25) is 9.88 Å². The van der Waals surface area contributed by atoms with Crippen molar-refractivity contribution in [2.75, 3.05) is 18.0 Å². The number of fused-ring (bicyclic) bond motifs is 1. The third-order valence-electron chi connectivity index (χ3n) is 5.07. The zero-order chi connectivity index (χ0) is 17.6. The maximum atomic E-state index is 12.1. The minimum absolute atomic E-state index is 0.198. The van der Waals surface area contributed by atoms with Gasteiger partial charge < -0.3 is 10.1 Å². The van der Waals surface area contributed by atoms with E-state index in [9.17, 15) is 4.79 Å². The zero-order valence-electron chi connectivity index (χ0n) is 13.8. The number of aromatic nitrogens is 1. The maximum Gasteiger partial charge on any atom is 0.414 e. The summed E-state index contributed by atoms with van der Waals surface area (Å²) in [4.78, 5) is 18.8. The van der Waals surface area contributed by atoms with E-state index in [-0.39, 0.29) is 18.1 Å². The topological polar surface area (TPSA) is 78.3 Å². The molecule has 1 amide bonds. The van der Waals surface area contributed by atoms with Gasteiger partial charge >= 0.3 is 6.09 Å². The van der Waals surface area contributed by atoms with E-state index in [0.29, 0.717) is 29.9 Å². The summed E-state index contributed by atoms with van der Waals surface area (Å²) in [5, 5.41) is 12.0. The van der Waals surface area contributed by atoms with Gasteiger partial charge in [0, 0.05) is 0 Å².